The van der Waals surface area contributed by atoms with Crippen molar-refractivity contribution in [2.75, 3.05) is 6.54 Å². The smallest absolute Gasteiger partial charge is 0.322 e. The van der Waals surface area contributed by atoms with Gasteiger partial charge in [0.25, 0.3) is 5.91 Å². The van der Waals surface area contributed by atoms with Crippen molar-refractivity contribution in [1.29, 1.82) is 0 Å². The van der Waals surface area contributed by atoms with Gasteiger partial charge in [-0.1, -0.05) is 35.0 Å². The van der Waals surface area contributed by atoms with E-state index in [1.165, 1.54) is 17.8 Å². The van der Waals surface area contributed by atoms with Gasteiger partial charge in [-0.3, -0.25) is 9.59 Å². The highest BCUT2D eigenvalue weighted by Crippen LogP contribution is 2.23. The van der Waals surface area contributed by atoms with Gasteiger partial charge in [-0.2, -0.15) is 0 Å². The van der Waals surface area contributed by atoms with Crippen LogP contribution in [0.4, 0.5) is 0 Å². The van der Waals surface area contributed by atoms with Crippen molar-refractivity contribution < 1.29 is 19.8 Å². The number of nitrogens with zero attached hydrogens (tertiary/aromatic N) is 4. The number of amides is 1. The van der Waals surface area contributed by atoms with Crippen molar-refractivity contribution >= 4 is 11.9 Å². The Morgan fingerprint density at radius 2 is 1.96 bits per heavy atom. The molecule has 2 heterocycles. The zero-order valence-corrected chi connectivity index (χ0v) is 14.5. The van der Waals surface area contributed by atoms with Gasteiger partial charge in [0, 0.05) is 11.8 Å². The second kappa shape index (κ2) is 7.65. The van der Waals surface area contributed by atoms with Crippen LogP contribution in [0.5, 0.6) is 5.75 Å². The second-order valence-electron chi connectivity index (χ2n) is 5.96. The van der Waals surface area contributed by atoms with Crippen molar-refractivity contribution in [3.8, 4) is 17.0 Å². The first-order valence-electron chi connectivity index (χ1n) is 8.07. The molecule has 0 fully saturated rings. The summed E-state index contributed by atoms with van der Waals surface area (Å²) < 4.78 is 1.66. The summed E-state index contributed by atoms with van der Waals surface area (Å²) in [5.74, 6) is -2.34. The first-order valence-corrected chi connectivity index (χ1v) is 8.07. The fourth-order valence-electron chi connectivity index (χ4n) is 2.40. The molecule has 1 amide bonds. The van der Waals surface area contributed by atoms with E-state index in [1.54, 1.807) is 10.9 Å². The standard InChI is InChI=1S/C18H17N5O4/c1-11-2-4-12(5-3-11)9-23-10-14(21-22-23)13-6-15(24)17(19-7-13)18(27)20-8-16(25)26/h2-7,10,24H,8-9H2,1H3,(H,20,27)(H,25,26). The molecule has 2 aromatic heterocycles. The molecule has 0 atom stereocenters. The van der Waals surface area contributed by atoms with Gasteiger partial charge in [0.05, 0.1) is 12.7 Å². The predicted octanol–water partition coefficient (Wildman–Crippen LogP) is 1.22. The molecule has 0 aliphatic rings. The minimum absolute atomic E-state index is 0.257. The fourth-order valence-corrected chi connectivity index (χ4v) is 2.40. The number of rotatable bonds is 6. The molecule has 0 unspecified atom stereocenters. The molecular weight excluding hydrogens is 350 g/mol. The predicted molar refractivity (Wildman–Crippen MR) is 95.2 cm³/mol. The van der Waals surface area contributed by atoms with Crippen LogP contribution in [0.1, 0.15) is 21.6 Å². The molecule has 9 nitrogen and oxygen atoms in total. The van der Waals surface area contributed by atoms with E-state index in [2.05, 4.69) is 20.6 Å². The zero-order valence-electron chi connectivity index (χ0n) is 14.5. The molecule has 9 heteroatoms. The number of aryl methyl sites for hydroxylation is 1. The summed E-state index contributed by atoms with van der Waals surface area (Å²) in [5, 5.41) is 28.9. The van der Waals surface area contributed by atoms with Crippen molar-refractivity contribution in [2.24, 2.45) is 0 Å². The van der Waals surface area contributed by atoms with E-state index < -0.39 is 18.4 Å². The van der Waals surface area contributed by atoms with Crippen LogP contribution < -0.4 is 5.32 Å². The Morgan fingerprint density at radius 3 is 2.63 bits per heavy atom. The average Bonchev–Trinajstić information content (AvgIpc) is 3.10. The fraction of sp³-hybridized carbons (Fsp3) is 0.167. The molecule has 1 aromatic carbocycles. The summed E-state index contributed by atoms with van der Waals surface area (Å²) in [5.41, 5.74) is 2.96. The Labute approximate surface area is 154 Å². The Hall–Kier alpha value is -3.75. The molecule has 0 radical (unpaired) electrons. The summed E-state index contributed by atoms with van der Waals surface area (Å²) in [6.07, 6.45) is 3.08. The highest BCUT2D eigenvalue weighted by atomic mass is 16.4. The summed E-state index contributed by atoms with van der Waals surface area (Å²) in [7, 11) is 0. The zero-order chi connectivity index (χ0) is 19.4. The largest absolute Gasteiger partial charge is 0.505 e. The van der Waals surface area contributed by atoms with Crippen molar-refractivity contribution in [2.45, 2.75) is 13.5 Å². The maximum absolute atomic E-state index is 11.8. The van der Waals surface area contributed by atoms with Crippen LogP contribution in [0.15, 0.2) is 42.7 Å². The lowest BCUT2D eigenvalue weighted by Gasteiger charge is -2.05. The Balaban J connectivity index is 1.74. The number of aromatic nitrogens is 4. The molecule has 0 saturated carbocycles. The van der Waals surface area contributed by atoms with Crippen LogP contribution >= 0.6 is 0 Å². The maximum Gasteiger partial charge on any atom is 0.322 e. The number of carboxylic acids is 1. The van der Waals surface area contributed by atoms with Crippen LogP contribution in [0, 0.1) is 6.92 Å². The van der Waals surface area contributed by atoms with Gasteiger partial charge in [-0.25, -0.2) is 9.67 Å². The van der Waals surface area contributed by atoms with E-state index in [1.807, 2.05) is 31.2 Å². The number of benzene rings is 1. The lowest BCUT2D eigenvalue weighted by atomic mass is 10.1. The Bertz CT molecular complexity index is 982. The molecule has 3 rings (SSSR count). The number of nitrogens with one attached hydrogen (secondary N) is 1. The summed E-state index contributed by atoms with van der Waals surface area (Å²) in [6.45, 7) is 2.00. The molecule has 0 aliphatic carbocycles. The number of aliphatic carboxylic acids is 1. The lowest BCUT2D eigenvalue weighted by molar-refractivity contribution is -0.135. The molecule has 138 valence electrons. The van der Waals surface area contributed by atoms with Crippen LogP contribution in [-0.2, 0) is 11.3 Å². The van der Waals surface area contributed by atoms with Crippen molar-refractivity contribution in [3.05, 3.63) is 59.5 Å². The van der Waals surface area contributed by atoms with Crippen LogP contribution in [0.2, 0.25) is 0 Å². The van der Waals surface area contributed by atoms with E-state index in [0.717, 1.165) is 5.56 Å². The molecule has 3 aromatic rings. The van der Waals surface area contributed by atoms with Gasteiger partial charge in [0.1, 0.15) is 18.0 Å². The third-order valence-corrected chi connectivity index (χ3v) is 3.78. The number of pyridine rings is 1. The summed E-state index contributed by atoms with van der Waals surface area (Å²) >= 11 is 0. The van der Waals surface area contributed by atoms with Gasteiger partial charge in [-0.15, -0.1) is 5.10 Å². The first-order chi connectivity index (χ1) is 12.9. The molecule has 0 bridgehead atoms. The lowest BCUT2D eigenvalue weighted by Crippen LogP contribution is -2.29. The van der Waals surface area contributed by atoms with Crippen LogP contribution in [0.3, 0.4) is 0 Å². The maximum atomic E-state index is 11.8. The van der Waals surface area contributed by atoms with E-state index in [0.29, 0.717) is 17.8 Å². The van der Waals surface area contributed by atoms with E-state index in [4.69, 9.17) is 5.11 Å². The third-order valence-electron chi connectivity index (χ3n) is 3.78. The Morgan fingerprint density at radius 1 is 1.22 bits per heavy atom. The SMILES string of the molecule is Cc1ccc(Cn2cc(-c3cnc(C(=O)NCC(=O)O)c(O)c3)nn2)cc1. The van der Waals surface area contributed by atoms with Crippen molar-refractivity contribution in [1.82, 2.24) is 25.3 Å². The Kier molecular flexibility index (Phi) is 5.11. The number of carbonyl (C=O) groups excluding carboxylic acids is 1. The van der Waals surface area contributed by atoms with Crippen LogP contribution in [-0.4, -0.2) is 48.6 Å². The highest BCUT2D eigenvalue weighted by molar-refractivity contribution is 5.96. The molecule has 0 spiro atoms. The quantitative estimate of drug-likeness (QED) is 0.597. The molecule has 27 heavy (non-hydrogen) atoms. The van der Waals surface area contributed by atoms with Gasteiger partial charge in [0.15, 0.2) is 5.69 Å². The number of hydrogen-bond donors (Lipinski definition) is 3. The third kappa shape index (κ3) is 4.46. The molecular formula is C18H17N5O4. The first kappa shape index (κ1) is 18.1. The number of carbonyl (C=O) groups is 2. The normalized spacial score (nSPS) is 10.6. The molecule has 0 saturated heterocycles. The average molecular weight is 367 g/mol. The molecule has 0 aliphatic heterocycles. The number of carboxylic acid groups (broad SMARTS) is 1. The minimum atomic E-state index is -1.19. The van der Waals surface area contributed by atoms with Crippen LogP contribution in [0.25, 0.3) is 11.3 Å². The summed E-state index contributed by atoms with van der Waals surface area (Å²) in [4.78, 5) is 26.2. The highest BCUT2D eigenvalue weighted by Gasteiger charge is 2.16. The van der Waals surface area contributed by atoms with Gasteiger partial charge in [-0.05, 0) is 18.6 Å². The number of hydrogen-bond acceptors (Lipinski definition) is 6. The topological polar surface area (TPSA) is 130 Å². The molecule has 3 N–H and O–H groups in total. The van der Waals surface area contributed by atoms with E-state index in [9.17, 15) is 14.7 Å². The van der Waals surface area contributed by atoms with Crippen molar-refractivity contribution in [3.63, 3.8) is 0 Å². The monoisotopic (exact) mass is 367 g/mol. The summed E-state index contributed by atoms with van der Waals surface area (Å²) in [6, 6.07) is 9.39. The van der Waals surface area contributed by atoms with Gasteiger partial charge in [0.2, 0.25) is 0 Å². The van der Waals surface area contributed by atoms with E-state index in [-0.39, 0.29) is 11.4 Å². The minimum Gasteiger partial charge on any atom is -0.505 e. The van der Waals surface area contributed by atoms with Gasteiger partial charge >= 0.3 is 5.97 Å². The number of aromatic hydroxyl groups is 1. The van der Waals surface area contributed by atoms with Gasteiger partial charge < -0.3 is 15.5 Å². The van der Waals surface area contributed by atoms with E-state index >= 15 is 0 Å². The second-order valence-corrected chi connectivity index (χ2v) is 5.96.